The van der Waals surface area contributed by atoms with Gasteiger partial charge in [0.15, 0.2) is 0 Å². The Balaban J connectivity index is 3.40. The van der Waals surface area contributed by atoms with Gasteiger partial charge in [-0.15, -0.1) is 0 Å². The molecule has 6 heteroatoms. The molecular formula is C5Cl2FN3. The van der Waals surface area contributed by atoms with Gasteiger partial charge < -0.3 is 0 Å². The molecule has 3 nitrogen and oxygen atoms in total. The van der Waals surface area contributed by atoms with E-state index in [9.17, 15) is 4.39 Å². The fourth-order valence-electron chi connectivity index (χ4n) is 0.470. The van der Waals surface area contributed by atoms with Crippen molar-refractivity contribution in [3.63, 3.8) is 0 Å². The van der Waals surface area contributed by atoms with Gasteiger partial charge in [0.05, 0.1) is 6.57 Å². The summed E-state index contributed by atoms with van der Waals surface area (Å²) in [6, 6.07) is 0. The van der Waals surface area contributed by atoms with E-state index in [0.717, 1.165) is 0 Å². The molecule has 0 unspecified atom stereocenters. The lowest BCUT2D eigenvalue weighted by molar-refractivity contribution is 0.586. The molecule has 0 radical (unpaired) electrons. The Morgan fingerprint density at radius 2 is 2.00 bits per heavy atom. The van der Waals surface area contributed by atoms with E-state index in [1.807, 2.05) is 0 Å². The van der Waals surface area contributed by atoms with Crippen LogP contribution in [0.25, 0.3) is 4.85 Å². The van der Waals surface area contributed by atoms with Crippen LogP contribution in [-0.2, 0) is 0 Å². The summed E-state index contributed by atoms with van der Waals surface area (Å²) in [5.74, 6) is -0.995. The average molecular weight is 192 g/mol. The highest BCUT2D eigenvalue weighted by atomic mass is 35.5. The molecule has 1 heterocycles. The highest BCUT2D eigenvalue weighted by molar-refractivity contribution is 6.33. The quantitative estimate of drug-likeness (QED) is 0.359. The second-order valence-corrected chi connectivity index (χ2v) is 2.23. The Labute approximate surface area is 71.6 Å². The molecule has 0 aliphatic carbocycles. The third-order valence-electron chi connectivity index (χ3n) is 0.883. The molecule has 0 amide bonds. The second-order valence-electron chi connectivity index (χ2n) is 1.53. The van der Waals surface area contributed by atoms with Gasteiger partial charge in [-0.25, -0.2) is 9.83 Å². The zero-order chi connectivity index (χ0) is 8.43. The van der Waals surface area contributed by atoms with E-state index in [4.69, 9.17) is 29.8 Å². The van der Waals surface area contributed by atoms with Crippen LogP contribution >= 0.6 is 23.2 Å². The molecule has 0 fully saturated rings. The molecule has 0 atom stereocenters. The van der Waals surface area contributed by atoms with Crippen molar-refractivity contribution in [1.29, 1.82) is 0 Å². The van der Waals surface area contributed by atoms with Gasteiger partial charge in [0, 0.05) is 0 Å². The van der Waals surface area contributed by atoms with E-state index in [0.29, 0.717) is 0 Å². The summed E-state index contributed by atoms with van der Waals surface area (Å²) in [7, 11) is 0. The molecule has 1 aromatic rings. The summed E-state index contributed by atoms with van der Waals surface area (Å²) in [6.07, 6.45) is 0. The Hall–Kier alpha value is -0.920. The van der Waals surface area contributed by atoms with Crippen molar-refractivity contribution in [2.75, 3.05) is 0 Å². The van der Waals surface area contributed by atoms with Gasteiger partial charge in [-0.1, -0.05) is 11.6 Å². The fraction of sp³-hybridized carbons (Fsp3) is 0. The van der Waals surface area contributed by atoms with Crippen molar-refractivity contribution in [2.45, 2.75) is 0 Å². The zero-order valence-electron chi connectivity index (χ0n) is 4.98. The summed E-state index contributed by atoms with van der Waals surface area (Å²) in [4.78, 5) is 9.24. The molecule has 0 saturated carbocycles. The monoisotopic (exact) mass is 191 g/mol. The minimum Gasteiger partial charge on any atom is -0.230 e. The molecule has 0 bridgehead atoms. The first kappa shape index (κ1) is 8.18. The van der Waals surface area contributed by atoms with E-state index in [1.165, 1.54) is 0 Å². The fourth-order valence-corrected chi connectivity index (χ4v) is 0.873. The predicted octanol–water partition coefficient (Wildman–Crippen LogP) is 2.47. The zero-order valence-corrected chi connectivity index (χ0v) is 6.49. The molecule has 0 aromatic carbocycles. The Morgan fingerprint density at radius 3 is 2.45 bits per heavy atom. The molecule has 0 spiro atoms. The van der Waals surface area contributed by atoms with Crippen molar-refractivity contribution in [2.24, 2.45) is 0 Å². The maximum Gasteiger partial charge on any atom is 0.277 e. The Morgan fingerprint density at radius 1 is 1.36 bits per heavy atom. The van der Waals surface area contributed by atoms with Crippen LogP contribution in [0.3, 0.4) is 0 Å². The topological polar surface area (TPSA) is 30.1 Å². The lowest BCUT2D eigenvalue weighted by Gasteiger charge is -1.94. The number of rotatable bonds is 0. The van der Waals surface area contributed by atoms with Crippen molar-refractivity contribution >= 4 is 28.9 Å². The first-order valence-electron chi connectivity index (χ1n) is 2.41. The van der Waals surface area contributed by atoms with Gasteiger partial charge >= 0.3 is 0 Å². The first-order valence-corrected chi connectivity index (χ1v) is 3.16. The van der Waals surface area contributed by atoms with Crippen LogP contribution in [0, 0.1) is 12.5 Å². The van der Waals surface area contributed by atoms with Crippen molar-refractivity contribution in [1.82, 2.24) is 9.97 Å². The van der Waals surface area contributed by atoms with E-state index in [-0.39, 0.29) is 10.4 Å². The van der Waals surface area contributed by atoms with Crippen molar-refractivity contribution in [3.05, 3.63) is 27.8 Å². The summed E-state index contributed by atoms with van der Waals surface area (Å²) in [5, 5.41) is -0.572. The molecule has 1 aromatic heterocycles. The number of aromatic nitrogens is 2. The van der Waals surface area contributed by atoms with E-state index in [2.05, 4.69) is 14.8 Å². The lowest BCUT2D eigenvalue weighted by Crippen LogP contribution is -1.88. The van der Waals surface area contributed by atoms with Gasteiger partial charge in [-0.3, -0.25) is 0 Å². The van der Waals surface area contributed by atoms with Gasteiger partial charge in [-0.05, 0) is 11.6 Å². The van der Waals surface area contributed by atoms with Crippen LogP contribution in [0.4, 0.5) is 10.1 Å². The highest BCUT2D eigenvalue weighted by Crippen LogP contribution is 2.25. The van der Waals surface area contributed by atoms with Crippen LogP contribution in [0.5, 0.6) is 0 Å². The van der Waals surface area contributed by atoms with Crippen LogP contribution in [0.2, 0.25) is 10.4 Å². The molecule has 0 aliphatic rings. The van der Waals surface area contributed by atoms with Gasteiger partial charge in [-0.2, -0.15) is 9.37 Å². The average Bonchev–Trinajstić information content (AvgIpc) is 1.85. The second kappa shape index (κ2) is 2.99. The molecule has 56 valence electrons. The van der Waals surface area contributed by atoms with Gasteiger partial charge in [0.1, 0.15) is 5.15 Å². The van der Waals surface area contributed by atoms with E-state index >= 15 is 0 Å². The van der Waals surface area contributed by atoms with Crippen LogP contribution in [-0.4, -0.2) is 9.97 Å². The molecule has 0 aliphatic heterocycles. The third kappa shape index (κ3) is 1.56. The summed E-state index contributed by atoms with van der Waals surface area (Å²) < 4.78 is 12.6. The Bertz CT molecular complexity index is 310. The summed E-state index contributed by atoms with van der Waals surface area (Å²) in [6.45, 7) is 6.47. The highest BCUT2D eigenvalue weighted by Gasteiger charge is 2.11. The lowest BCUT2D eigenvalue weighted by atomic mass is 10.5. The standard InChI is InChI=1S/C5Cl2FN3/c1-9-2-3(6)10-5(7)11-4(2)8. The van der Waals surface area contributed by atoms with Crippen LogP contribution in [0.15, 0.2) is 0 Å². The predicted molar refractivity (Wildman–Crippen MR) is 38.3 cm³/mol. The molecule has 0 N–H and O–H groups in total. The van der Waals surface area contributed by atoms with Crippen molar-refractivity contribution in [3.8, 4) is 0 Å². The Kier molecular flexibility index (Phi) is 2.22. The summed E-state index contributed by atoms with van der Waals surface area (Å²) in [5.41, 5.74) is -0.406. The minimum absolute atomic E-state index is 0.266. The normalized spacial score (nSPS) is 9.27. The molecule has 0 saturated heterocycles. The van der Waals surface area contributed by atoms with Crippen LogP contribution in [0.1, 0.15) is 0 Å². The molecular weight excluding hydrogens is 192 g/mol. The smallest absolute Gasteiger partial charge is 0.230 e. The summed E-state index contributed by atoms with van der Waals surface area (Å²) >= 11 is 10.6. The first-order chi connectivity index (χ1) is 5.15. The number of hydrogen-bond donors (Lipinski definition) is 0. The molecule has 11 heavy (non-hydrogen) atoms. The maximum absolute atomic E-state index is 12.6. The van der Waals surface area contributed by atoms with Crippen LogP contribution < -0.4 is 0 Å². The van der Waals surface area contributed by atoms with E-state index < -0.39 is 11.6 Å². The van der Waals surface area contributed by atoms with Crippen molar-refractivity contribution < 1.29 is 4.39 Å². The maximum atomic E-state index is 12.6. The third-order valence-corrected chi connectivity index (χ3v) is 1.32. The largest absolute Gasteiger partial charge is 0.277 e. The van der Waals surface area contributed by atoms with Gasteiger partial charge in [0.2, 0.25) is 11.2 Å². The van der Waals surface area contributed by atoms with Gasteiger partial charge in [0.25, 0.3) is 5.69 Å². The van der Waals surface area contributed by atoms with E-state index in [1.54, 1.807) is 0 Å². The number of hydrogen-bond acceptors (Lipinski definition) is 2. The molecule has 1 rings (SSSR count). The number of halogens is 3. The SMILES string of the molecule is [C-]#[N+]c1c(F)nc(Cl)nc1Cl. The minimum atomic E-state index is -0.995. The number of nitrogens with zero attached hydrogens (tertiary/aromatic N) is 3.